The highest BCUT2D eigenvalue weighted by Gasteiger charge is 2.33. The van der Waals surface area contributed by atoms with E-state index in [9.17, 15) is 8.42 Å². The third kappa shape index (κ3) is 3.15. The molecule has 1 aliphatic heterocycles. The second kappa shape index (κ2) is 6.48. The summed E-state index contributed by atoms with van der Waals surface area (Å²) < 4.78 is 32.7. The van der Waals surface area contributed by atoms with Gasteiger partial charge in [-0.1, -0.05) is 6.92 Å². The summed E-state index contributed by atoms with van der Waals surface area (Å²) in [6.07, 6.45) is 1.09. The second-order valence-electron chi connectivity index (χ2n) is 5.47. The number of sulfonamides is 1. The zero-order valence-electron chi connectivity index (χ0n) is 13.1. The molecule has 2 N–H and O–H groups in total. The van der Waals surface area contributed by atoms with E-state index in [4.69, 9.17) is 10.2 Å². The van der Waals surface area contributed by atoms with Gasteiger partial charge in [0, 0.05) is 38.3 Å². The van der Waals surface area contributed by atoms with Crippen molar-refractivity contribution in [3.8, 4) is 0 Å². The second-order valence-corrected chi connectivity index (χ2v) is 7.35. The smallest absolute Gasteiger partial charge is 0.246 e. The minimum atomic E-state index is -3.52. The lowest BCUT2D eigenvalue weighted by Gasteiger charge is -2.33. The predicted molar refractivity (Wildman–Crippen MR) is 81.6 cm³/mol. The number of aryl methyl sites for hydroxylation is 2. The zero-order valence-corrected chi connectivity index (χ0v) is 13.9. The summed E-state index contributed by atoms with van der Waals surface area (Å²) in [4.78, 5) is 2.56. The van der Waals surface area contributed by atoms with Gasteiger partial charge in [0.15, 0.2) is 0 Å². The molecule has 1 aromatic heterocycles. The van der Waals surface area contributed by atoms with Crippen molar-refractivity contribution in [3.05, 3.63) is 17.1 Å². The molecule has 0 atom stereocenters. The Balaban J connectivity index is 2.24. The lowest BCUT2D eigenvalue weighted by atomic mass is 10.2. The molecule has 0 radical (unpaired) electrons. The van der Waals surface area contributed by atoms with E-state index >= 15 is 0 Å². The van der Waals surface area contributed by atoms with Crippen molar-refractivity contribution in [3.63, 3.8) is 0 Å². The third-order valence-electron chi connectivity index (χ3n) is 4.00. The zero-order chi connectivity index (χ0) is 15.6. The molecule has 0 saturated carbocycles. The lowest BCUT2D eigenvalue weighted by Crippen LogP contribution is -2.48. The highest BCUT2D eigenvalue weighted by molar-refractivity contribution is 7.89. The fraction of sp³-hybridized carbons (Fsp3) is 0.714. The highest BCUT2D eigenvalue weighted by atomic mass is 32.2. The average Bonchev–Trinajstić information content (AvgIpc) is 2.74. The Bertz CT molecular complexity index is 587. The first-order valence-corrected chi connectivity index (χ1v) is 8.87. The number of nitrogens with zero attached hydrogens (tertiary/aromatic N) is 2. The quantitative estimate of drug-likeness (QED) is 0.879. The molecule has 0 bridgehead atoms. The van der Waals surface area contributed by atoms with E-state index in [0.717, 1.165) is 26.1 Å². The molecule has 0 aromatic carbocycles. The van der Waals surface area contributed by atoms with Crippen LogP contribution in [0.2, 0.25) is 0 Å². The van der Waals surface area contributed by atoms with Crippen LogP contribution in [0.25, 0.3) is 0 Å². The molecule has 1 fully saturated rings. The maximum absolute atomic E-state index is 12.9. The molecule has 1 saturated heterocycles. The van der Waals surface area contributed by atoms with Gasteiger partial charge in [0.2, 0.25) is 10.0 Å². The first kappa shape index (κ1) is 16.5. The topological polar surface area (TPSA) is 79.8 Å². The minimum Gasteiger partial charge on any atom is -0.465 e. The van der Waals surface area contributed by atoms with Crippen LogP contribution >= 0.6 is 0 Å². The summed E-state index contributed by atoms with van der Waals surface area (Å²) in [6, 6.07) is 0. The van der Waals surface area contributed by atoms with E-state index in [-0.39, 0.29) is 11.4 Å². The SMILES string of the molecule is CCCN1CCN(S(=O)(=O)c2c(C)oc(C)c2CN)CC1. The molecule has 0 spiro atoms. The Morgan fingerprint density at radius 3 is 2.29 bits per heavy atom. The molecule has 6 nitrogen and oxygen atoms in total. The number of hydrogen-bond acceptors (Lipinski definition) is 5. The number of nitrogens with two attached hydrogens (primary N) is 1. The third-order valence-corrected chi connectivity index (χ3v) is 6.09. The van der Waals surface area contributed by atoms with Gasteiger partial charge in [-0.25, -0.2) is 8.42 Å². The van der Waals surface area contributed by atoms with Crippen LogP contribution in [0.4, 0.5) is 0 Å². The van der Waals surface area contributed by atoms with Crippen LogP contribution in [0.3, 0.4) is 0 Å². The van der Waals surface area contributed by atoms with E-state index < -0.39 is 10.0 Å². The average molecular weight is 315 g/mol. The first-order chi connectivity index (χ1) is 9.91. The summed E-state index contributed by atoms with van der Waals surface area (Å²) in [7, 11) is -3.52. The Morgan fingerprint density at radius 1 is 1.14 bits per heavy atom. The maximum atomic E-state index is 12.9. The number of hydrogen-bond donors (Lipinski definition) is 1. The van der Waals surface area contributed by atoms with Gasteiger partial charge in [0.1, 0.15) is 16.4 Å². The summed E-state index contributed by atoms with van der Waals surface area (Å²) >= 11 is 0. The van der Waals surface area contributed by atoms with Crippen LogP contribution in [0.5, 0.6) is 0 Å². The maximum Gasteiger partial charge on any atom is 0.246 e. The van der Waals surface area contributed by atoms with Crippen LogP contribution in [0.15, 0.2) is 9.31 Å². The summed E-state index contributed by atoms with van der Waals surface area (Å²) in [5.74, 6) is 1.03. The highest BCUT2D eigenvalue weighted by Crippen LogP contribution is 2.29. The fourth-order valence-corrected chi connectivity index (χ4v) is 4.77. The van der Waals surface area contributed by atoms with Gasteiger partial charge in [-0.05, 0) is 26.8 Å². The van der Waals surface area contributed by atoms with Gasteiger partial charge in [-0.2, -0.15) is 4.31 Å². The molecule has 0 aliphatic carbocycles. The largest absolute Gasteiger partial charge is 0.465 e. The molecule has 21 heavy (non-hydrogen) atoms. The van der Waals surface area contributed by atoms with Crippen LogP contribution in [-0.2, 0) is 16.6 Å². The van der Waals surface area contributed by atoms with Crippen molar-refractivity contribution in [2.24, 2.45) is 5.73 Å². The molecule has 0 unspecified atom stereocenters. The Labute approximate surface area is 126 Å². The summed E-state index contributed by atoms with van der Waals surface area (Å²) in [5, 5.41) is 0. The lowest BCUT2D eigenvalue weighted by molar-refractivity contribution is 0.188. The number of furan rings is 1. The van der Waals surface area contributed by atoms with Crippen LogP contribution < -0.4 is 5.73 Å². The van der Waals surface area contributed by atoms with Gasteiger partial charge in [0.25, 0.3) is 0 Å². The molecule has 0 amide bonds. The van der Waals surface area contributed by atoms with Crippen LogP contribution in [0, 0.1) is 13.8 Å². The van der Waals surface area contributed by atoms with Crippen molar-refractivity contribution in [2.75, 3.05) is 32.7 Å². The fourth-order valence-electron chi connectivity index (χ4n) is 2.92. The Hall–Kier alpha value is -0.890. The van der Waals surface area contributed by atoms with Crippen LogP contribution in [0.1, 0.15) is 30.4 Å². The molecule has 2 heterocycles. The van der Waals surface area contributed by atoms with E-state index in [1.165, 1.54) is 0 Å². The molecule has 7 heteroatoms. The van der Waals surface area contributed by atoms with Crippen LogP contribution in [-0.4, -0.2) is 50.3 Å². The number of rotatable bonds is 5. The van der Waals surface area contributed by atoms with Gasteiger partial charge >= 0.3 is 0 Å². The van der Waals surface area contributed by atoms with E-state index in [0.29, 0.717) is 30.2 Å². The molecular formula is C14H25N3O3S. The van der Waals surface area contributed by atoms with Crippen molar-refractivity contribution >= 4 is 10.0 Å². The standard InChI is InChI=1S/C14H25N3O3S/c1-4-5-16-6-8-17(9-7-16)21(18,19)14-12(3)20-11(2)13(14)10-15/h4-10,15H2,1-3H3. The van der Waals surface area contributed by atoms with E-state index in [1.54, 1.807) is 18.2 Å². The Kier molecular flexibility index (Phi) is 5.08. The van der Waals surface area contributed by atoms with Crippen molar-refractivity contribution in [2.45, 2.75) is 38.6 Å². The van der Waals surface area contributed by atoms with Crippen molar-refractivity contribution in [1.29, 1.82) is 0 Å². The molecule has 2 rings (SSSR count). The van der Waals surface area contributed by atoms with E-state index in [1.807, 2.05) is 0 Å². The van der Waals surface area contributed by atoms with Crippen molar-refractivity contribution < 1.29 is 12.8 Å². The van der Waals surface area contributed by atoms with Gasteiger partial charge in [0.05, 0.1) is 0 Å². The van der Waals surface area contributed by atoms with Crippen molar-refractivity contribution in [1.82, 2.24) is 9.21 Å². The molecule has 1 aliphatic rings. The molecule has 120 valence electrons. The normalized spacial score (nSPS) is 18.3. The minimum absolute atomic E-state index is 0.174. The Morgan fingerprint density at radius 2 is 1.76 bits per heavy atom. The monoisotopic (exact) mass is 315 g/mol. The van der Waals surface area contributed by atoms with Gasteiger partial charge in [-0.15, -0.1) is 0 Å². The van der Waals surface area contributed by atoms with Gasteiger partial charge < -0.3 is 15.1 Å². The predicted octanol–water partition coefficient (Wildman–Crippen LogP) is 1.07. The first-order valence-electron chi connectivity index (χ1n) is 7.43. The molecular weight excluding hydrogens is 290 g/mol. The summed E-state index contributed by atoms with van der Waals surface area (Å²) in [6.45, 7) is 9.38. The number of piperazine rings is 1. The van der Waals surface area contributed by atoms with Gasteiger partial charge in [-0.3, -0.25) is 0 Å². The van der Waals surface area contributed by atoms with E-state index in [2.05, 4.69) is 11.8 Å². The summed E-state index contributed by atoms with van der Waals surface area (Å²) in [5.41, 5.74) is 6.30. The molecule has 1 aromatic rings.